The Morgan fingerprint density at radius 2 is 2.38 bits per heavy atom. The van der Waals surface area contributed by atoms with Crippen molar-refractivity contribution in [3.63, 3.8) is 0 Å². The molecule has 0 aliphatic carbocycles. The molecule has 0 fully saturated rings. The summed E-state index contributed by atoms with van der Waals surface area (Å²) >= 11 is -1.13. The number of hydrogen-bond donors (Lipinski definition) is 1. The SMILES string of the molecule is C[S+]([O-])c1ccc([CH]C(O)F)cn1. The largest absolute Gasteiger partial charge is 0.610 e. The van der Waals surface area contributed by atoms with Crippen LogP contribution in [-0.2, 0) is 11.2 Å². The molecule has 1 rings (SSSR count). The molecule has 1 aromatic heterocycles. The van der Waals surface area contributed by atoms with Crippen LogP contribution >= 0.6 is 0 Å². The third-order valence-electron chi connectivity index (χ3n) is 1.38. The van der Waals surface area contributed by atoms with Crippen LogP contribution in [0.4, 0.5) is 4.39 Å². The van der Waals surface area contributed by atoms with E-state index in [1.807, 2.05) is 0 Å². The van der Waals surface area contributed by atoms with Gasteiger partial charge in [-0.3, -0.25) is 0 Å². The molecule has 1 aromatic rings. The van der Waals surface area contributed by atoms with Gasteiger partial charge in [0.25, 0.3) is 0 Å². The topological polar surface area (TPSA) is 56.2 Å². The van der Waals surface area contributed by atoms with E-state index in [9.17, 15) is 8.94 Å². The molecular weight excluding hydrogens is 193 g/mol. The molecule has 2 atom stereocenters. The first-order valence-corrected chi connectivity index (χ1v) is 5.12. The van der Waals surface area contributed by atoms with E-state index in [0.29, 0.717) is 10.6 Å². The molecule has 5 heteroatoms. The number of aliphatic hydroxyl groups excluding tert-OH is 1. The Balaban J connectivity index is 2.70. The molecule has 3 nitrogen and oxygen atoms in total. The van der Waals surface area contributed by atoms with Crippen LogP contribution in [0.15, 0.2) is 23.4 Å². The van der Waals surface area contributed by atoms with Gasteiger partial charge < -0.3 is 9.66 Å². The molecular formula is C8H9FNO2S. The van der Waals surface area contributed by atoms with E-state index in [2.05, 4.69) is 4.98 Å². The number of halogens is 1. The van der Waals surface area contributed by atoms with Gasteiger partial charge in [-0.05, 0) is 5.56 Å². The van der Waals surface area contributed by atoms with Gasteiger partial charge in [0.2, 0.25) is 11.4 Å². The van der Waals surface area contributed by atoms with Crippen LogP contribution in [0.1, 0.15) is 5.56 Å². The Bertz CT molecular complexity index is 263. The summed E-state index contributed by atoms with van der Waals surface area (Å²) in [6, 6.07) is 3.08. The van der Waals surface area contributed by atoms with Crippen LogP contribution in [0.5, 0.6) is 0 Å². The first-order valence-electron chi connectivity index (χ1n) is 3.56. The van der Waals surface area contributed by atoms with Crippen molar-refractivity contribution in [2.75, 3.05) is 6.26 Å². The Labute approximate surface area is 78.8 Å². The van der Waals surface area contributed by atoms with Crippen molar-refractivity contribution in [1.29, 1.82) is 0 Å². The average molecular weight is 202 g/mol. The minimum absolute atomic E-state index is 0.436. The number of nitrogens with zero attached hydrogens (tertiary/aromatic N) is 1. The second-order valence-corrected chi connectivity index (χ2v) is 3.75. The highest BCUT2D eigenvalue weighted by Gasteiger charge is 2.07. The first-order chi connectivity index (χ1) is 6.09. The number of rotatable bonds is 3. The van der Waals surface area contributed by atoms with Crippen LogP contribution in [-0.4, -0.2) is 27.3 Å². The average Bonchev–Trinajstić information content (AvgIpc) is 2.04. The Morgan fingerprint density at radius 3 is 2.77 bits per heavy atom. The molecule has 1 heterocycles. The van der Waals surface area contributed by atoms with E-state index in [1.165, 1.54) is 18.5 Å². The summed E-state index contributed by atoms with van der Waals surface area (Å²) < 4.78 is 23.0. The zero-order valence-electron chi connectivity index (χ0n) is 6.98. The molecule has 0 saturated carbocycles. The smallest absolute Gasteiger partial charge is 0.244 e. The minimum atomic E-state index is -1.99. The number of aromatic nitrogens is 1. The second-order valence-electron chi connectivity index (χ2n) is 2.42. The second kappa shape index (κ2) is 4.55. The molecule has 0 amide bonds. The molecule has 0 aliphatic rings. The summed E-state index contributed by atoms with van der Waals surface area (Å²) in [4.78, 5) is 3.82. The monoisotopic (exact) mass is 202 g/mol. The maximum Gasteiger partial charge on any atom is 0.244 e. The van der Waals surface area contributed by atoms with Gasteiger partial charge in [0.05, 0.1) is 6.42 Å². The fourth-order valence-electron chi connectivity index (χ4n) is 0.819. The van der Waals surface area contributed by atoms with Gasteiger partial charge in [-0.25, -0.2) is 9.37 Å². The molecule has 0 aliphatic heterocycles. The van der Waals surface area contributed by atoms with Gasteiger partial charge in [-0.1, -0.05) is 6.07 Å². The van der Waals surface area contributed by atoms with Crippen LogP contribution < -0.4 is 0 Å². The number of alkyl halides is 1. The van der Waals surface area contributed by atoms with Gasteiger partial charge in [-0.2, -0.15) is 0 Å². The van der Waals surface area contributed by atoms with Crippen molar-refractivity contribution in [2.45, 2.75) is 11.4 Å². The lowest BCUT2D eigenvalue weighted by molar-refractivity contribution is 0.0759. The minimum Gasteiger partial charge on any atom is -0.610 e. The molecule has 2 unspecified atom stereocenters. The van der Waals surface area contributed by atoms with Gasteiger partial charge in [0.15, 0.2) is 0 Å². The third kappa shape index (κ3) is 3.30. The predicted molar refractivity (Wildman–Crippen MR) is 47.1 cm³/mol. The van der Waals surface area contributed by atoms with E-state index in [0.717, 1.165) is 6.42 Å². The lowest BCUT2D eigenvalue weighted by Crippen LogP contribution is -2.03. The fourth-order valence-corrected chi connectivity index (χ4v) is 1.28. The Hall–Kier alpha value is -0.650. The van der Waals surface area contributed by atoms with Crippen molar-refractivity contribution in [3.05, 3.63) is 30.3 Å². The van der Waals surface area contributed by atoms with Crippen LogP contribution in [0.25, 0.3) is 0 Å². The zero-order valence-corrected chi connectivity index (χ0v) is 7.79. The van der Waals surface area contributed by atoms with Gasteiger partial charge in [-0.15, -0.1) is 0 Å². The van der Waals surface area contributed by atoms with Gasteiger partial charge in [0.1, 0.15) is 6.26 Å². The summed E-state index contributed by atoms with van der Waals surface area (Å²) in [5.74, 6) is 0. The molecule has 71 valence electrons. The highest BCUT2D eigenvalue weighted by atomic mass is 32.2. The molecule has 0 spiro atoms. The van der Waals surface area contributed by atoms with E-state index < -0.39 is 17.5 Å². The number of hydrogen-bond acceptors (Lipinski definition) is 3. The highest BCUT2D eigenvalue weighted by Crippen LogP contribution is 2.09. The lowest BCUT2D eigenvalue weighted by Gasteiger charge is -2.04. The molecule has 1 N–H and O–H groups in total. The van der Waals surface area contributed by atoms with Crippen LogP contribution in [0.2, 0.25) is 0 Å². The van der Waals surface area contributed by atoms with E-state index in [1.54, 1.807) is 6.07 Å². The van der Waals surface area contributed by atoms with E-state index >= 15 is 0 Å². The summed E-state index contributed by atoms with van der Waals surface area (Å²) in [5.41, 5.74) is 0.462. The lowest BCUT2D eigenvalue weighted by atomic mass is 10.2. The van der Waals surface area contributed by atoms with Crippen molar-refractivity contribution >= 4 is 11.2 Å². The predicted octanol–water partition coefficient (Wildman–Crippen LogP) is 0.659. The zero-order chi connectivity index (χ0) is 9.84. The standard InChI is InChI=1S/C8H9FNO2S/c1-13(12)8-3-2-6(5-10-8)4-7(9)11/h2-5,7,11H,1H3. The molecule has 0 aromatic carbocycles. The quantitative estimate of drug-likeness (QED) is 0.732. The Kier molecular flexibility index (Phi) is 3.65. The van der Waals surface area contributed by atoms with Gasteiger partial charge in [0, 0.05) is 23.4 Å². The fraction of sp³-hybridized carbons (Fsp3) is 0.250. The van der Waals surface area contributed by atoms with Crippen LogP contribution in [0, 0.1) is 6.42 Å². The van der Waals surface area contributed by atoms with Crippen molar-refractivity contribution in [3.8, 4) is 0 Å². The van der Waals surface area contributed by atoms with E-state index in [-0.39, 0.29) is 0 Å². The van der Waals surface area contributed by atoms with Crippen LogP contribution in [0.3, 0.4) is 0 Å². The first kappa shape index (κ1) is 10.4. The molecule has 0 bridgehead atoms. The Morgan fingerprint density at radius 1 is 1.69 bits per heavy atom. The molecule has 13 heavy (non-hydrogen) atoms. The summed E-state index contributed by atoms with van der Waals surface area (Å²) in [7, 11) is 0. The highest BCUT2D eigenvalue weighted by molar-refractivity contribution is 7.90. The number of aliphatic hydroxyl groups is 1. The van der Waals surface area contributed by atoms with Crippen molar-refractivity contribution < 1.29 is 14.0 Å². The number of pyridine rings is 1. The summed E-state index contributed by atoms with van der Waals surface area (Å²) in [5, 5.41) is 8.81. The summed E-state index contributed by atoms with van der Waals surface area (Å²) in [6.07, 6.45) is 1.89. The summed E-state index contributed by atoms with van der Waals surface area (Å²) in [6.45, 7) is 0. The molecule has 0 saturated heterocycles. The third-order valence-corrected chi connectivity index (χ3v) is 2.21. The van der Waals surface area contributed by atoms with Crippen molar-refractivity contribution in [1.82, 2.24) is 4.98 Å². The van der Waals surface area contributed by atoms with Crippen molar-refractivity contribution in [2.24, 2.45) is 0 Å². The maximum atomic E-state index is 12.1. The normalized spacial score (nSPS) is 15.4. The molecule has 1 radical (unpaired) electrons. The van der Waals surface area contributed by atoms with E-state index in [4.69, 9.17) is 5.11 Å². The maximum absolute atomic E-state index is 12.1. The van der Waals surface area contributed by atoms with Gasteiger partial charge >= 0.3 is 0 Å².